The minimum absolute atomic E-state index is 0.456. The predicted octanol–water partition coefficient (Wildman–Crippen LogP) is 4.38. The fourth-order valence-corrected chi connectivity index (χ4v) is 1.79. The van der Waals surface area contributed by atoms with E-state index in [9.17, 15) is 0 Å². The molecule has 2 aromatic rings. The average Bonchev–Trinajstić information content (AvgIpc) is 2.29. The van der Waals surface area contributed by atoms with Crippen molar-refractivity contribution >= 4 is 27.5 Å². The number of hydrogen-bond acceptors (Lipinski definition) is 2. The largest absolute Gasteiger partial charge is 0.439 e. The summed E-state index contributed by atoms with van der Waals surface area (Å²) < 4.78 is 6.57. The van der Waals surface area contributed by atoms with Crippen molar-refractivity contribution in [1.82, 2.24) is 4.98 Å². The lowest BCUT2D eigenvalue weighted by Crippen LogP contribution is -1.89. The zero-order valence-electron chi connectivity index (χ0n) is 8.36. The molecule has 0 aliphatic rings. The van der Waals surface area contributed by atoms with E-state index in [1.54, 1.807) is 6.20 Å². The monoisotopic (exact) mass is 297 g/mol. The molecule has 2 rings (SSSR count). The third kappa shape index (κ3) is 2.97. The van der Waals surface area contributed by atoms with Gasteiger partial charge in [0.15, 0.2) is 0 Å². The maximum atomic E-state index is 5.74. The Morgan fingerprint density at radius 2 is 2.12 bits per heavy atom. The summed E-state index contributed by atoms with van der Waals surface area (Å²) in [5.74, 6) is 1.75. The molecule has 82 valence electrons. The second-order valence-corrected chi connectivity index (χ2v) is 4.38. The first kappa shape index (κ1) is 11.4. The van der Waals surface area contributed by atoms with Gasteiger partial charge in [0, 0.05) is 22.6 Å². The predicted molar refractivity (Wildman–Crippen MR) is 68.0 cm³/mol. The van der Waals surface area contributed by atoms with Crippen LogP contribution in [0.4, 0.5) is 0 Å². The number of aromatic nitrogens is 1. The van der Waals surface area contributed by atoms with Gasteiger partial charge in [0.05, 0.1) is 0 Å². The van der Waals surface area contributed by atoms with E-state index in [1.807, 2.05) is 36.4 Å². The summed E-state index contributed by atoms with van der Waals surface area (Å²) in [5, 5.41) is 0. The van der Waals surface area contributed by atoms with E-state index in [4.69, 9.17) is 16.3 Å². The average molecular weight is 299 g/mol. The van der Waals surface area contributed by atoms with E-state index in [-0.39, 0.29) is 0 Å². The van der Waals surface area contributed by atoms with Crippen LogP contribution < -0.4 is 4.74 Å². The standard InChI is InChI=1S/C12H9BrClNO/c13-10-2-1-3-11(7-10)16-12-6-9(8-14)4-5-15-12/h1-7H,8H2. The van der Waals surface area contributed by atoms with Crippen molar-refractivity contribution in [1.29, 1.82) is 0 Å². The fourth-order valence-electron chi connectivity index (χ4n) is 1.24. The van der Waals surface area contributed by atoms with E-state index in [2.05, 4.69) is 20.9 Å². The van der Waals surface area contributed by atoms with Gasteiger partial charge in [-0.2, -0.15) is 0 Å². The molecule has 0 atom stereocenters. The number of alkyl halides is 1. The van der Waals surface area contributed by atoms with Crippen LogP contribution in [0.5, 0.6) is 11.6 Å². The highest BCUT2D eigenvalue weighted by Gasteiger charge is 2.00. The molecular weight excluding hydrogens is 289 g/mol. The fraction of sp³-hybridized carbons (Fsp3) is 0.0833. The van der Waals surface area contributed by atoms with E-state index in [0.717, 1.165) is 15.8 Å². The number of pyridine rings is 1. The van der Waals surface area contributed by atoms with E-state index < -0.39 is 0 Å². The normalized spacial score (nSPS) is 10.1. The van der Waals surface area contributed by atoms with Crippen molar-refractivity contribution in [3.05, 3.63) is 52.6 Å². The lowest BCUT2D eigenvalue weighted by Gasteiger charge is -2.05. The maximum Gasteiger partial charge on any atom is 0.219 e. The quantitative estimate of drug-likeness (QED) is 0.785. The number of halogens is 2. The number of ether oxygens (including phenoxy) is 1. The van der Waals surface area contributed by atoms with Crippen molar-refractivity contribution < 1.29 is 4.74 Å². The molecule has 4 heteroatoms. The number of benzene rings is 1. The maximum absolute atomic E-state index is 5.74. The molecule has 0 spiro atoms. The molecule has 2 nitrogen and oxygen atoms in total. The molecule has 1 aromatic carbocycles. The van der Waals surface area contributed by atoms with Crippen LogP contribution in [0.25, 0.3) is 0 Å². The Morgan fingerprint density at radius 3 is 2.88 bits per heavy atom. The van der Waals surface area contributed by atoms with Gasteiger partial charge in [-0.1, -0.05) is 22.0 Å². The summed E-state index contributed by atoms with van der Waals surface area (Å²) in [6.45, 7) is 0. The molecule has 0 aliphatic carbocycles. The Labute approximate surface area is 107 Å². The molecule has 16 heavy (non-hydrogen) atoms. The van der Waals surface area contributed by atoms with Gasteiger partial charge >= 0.3 is 0 Å². The summed E-state index contributed by atoms with van der Waals surface area (Å²) in [5.41, 5.74) is 0.988. The highest BCUT2D eigenvalue weighted by Crippen LogP contribution is 2.23. The Balaban J connectivity index is 2.20. The minimum atomic E-state index is 0.456. The summed E-state index contributed by atoms with van der Waals surface area (Å²) in [7, 11) is 0. The molecule has 1 aromatic heterocycles. The molecule has 0 radical (unpaired) electrons. The van der Waals surface area contributed by atoms with Crippen molar-refractivity contribution in [3.8, 4) is 11.6 Å². The molecule has 0 saturated heterocycles. The van der Waals surface area contributed by atoms with Crippen LogP contribution in [0.15, 0.2) is 47.1 Å². The van der Waals surface area contributed by atoms with Crippen molar-refractivity contribution in [2.24, 2.45) is 0 Å². The Hall–Kier alpha value is -1.06. The molecule has 0 saturated carbocycles. The van der Waals surface area contributed by atoms with Gasteiger partial charge in [-0.05, 0) is 29.8 Å². The molecular formula is C12H9BrClNO. The van der Waals surface area contributed by atoms with Crippen molar-refractivity contribution in [2.75, 3.05) is 0 Å². The first-order valence-corrected chi connectivity index (χ1v) is 6.05. The van der Waals surface area contributed by atoms with Crippen molar-refractivity contribution in [3.63, 3.8) is 0 Å². The van der Waals surface area contributed by atoms with Gasteiger partial charge in [0.25, 0.3) is 0 Å². The van der Waals surface area contributed by atoms with Gasteiger partial charge in [0.2, 0.25) is 5.88 Å². The molecule has 0 fully saturated rings. The van der Waals surface area contributed by atoms with Crippen LogP contribution in [0.1, 0.15) is 5.56 Å². The molecule has 0 N–H and O–H groups in total. The molecule has 0 aliphatic heterocycles. The zero-order chi connectivity index (χ0) is 11.4. The molecule has 1 heterocycles. The first-order valence-electron chi connectivity index (χ1n) is 4.72. The SMILES string of the molecule is ClCc1ccnc(Oc2cccc(Br)c2)c1. The number of nitrogens with zero attached hydrogens (tertiary/aromatic N) is 1. The van der Waals surface area contributed by atoms with Crippen molar-refractivity contribution in [2.45, 2.75) is 5.88 Å². The van der Waals surface area contributed by atoms with Gasteiger partial charge in [-0.25, -0.2) is 4.98 Å². The van der Waals surface area contributed by atoms with Gasteiger partial charge < -0.3 is 4.74 Å². The topological polar surface area (TPSA) is 22.1 Å². The molecule has 0 unspecified atom stereocenters. The van der Waals surface area contributed by atoms with Gasteiger partial charge in [0.1, 0.15) is 5.75 Å². The first-order chi connectivity index (χ1) is 7.78. The third-order valence-electron chi connectivity index (χ3n) is 1.97. The van der Waals surface area contributed by atoms with E-state index in [1.165, 1.54) is 0 Å². The second kappa shape index (κ2) is 5.32. The lowest BCUT2D eigenvalue weighted by atomic mass is 10.3. The Bertz CT molecular complexity index is 490. The van der Waals surface area contributed by atoms with E-state index in [0.29, 0.717) is 11.8 Å². The van der Waals surface area contributed by atoms with Crippen LogP contribution in [0.2, 0.25) is 0 Å². The van der Waals surface area contributed by atoms with Gasteiger partial charge in [-0.3, -0.25) is 0 Å². The summed E-state index contributed by atoms with van der Waals surface area (Å²) in [6, 6.07) is 11.3. The lowest BCUT2D eigenvalue weighted by molar-refractivity contribution is 0.462. The number of rotatable bonds is 3. The van der Waals surface area contributed by atoms with E-state index >= 15 is 0 Å². The highest BCUT2D eigenvalue weighted by atomic mass is 79.9. The number of hydrogen-bond donors (Lipinski definition) is 0. The van der Waals surface area contributed by atoms with Gasteiger partial charge in [-0.15, -0.1) is 11.6 Å². The summed E-state index contributed by atoms with van der Waals surface area (Å²) >= 11 is 9.12. The summed E-state index contributed by atoms with van der Waals surface area (Å²) in [4.78, 5) is 4.12. The van der Waals surface area contributed by atoms with Crippen LogP contribution in [0.3, 0.4) is 0 Å². The Morgan fingerprint density at radius 1 is 1.25 bits per heavy atom. The zero-order valence-corrected chi connectivity index (χ0v) is 10.7. The third-order valence-corrected chi connectivity index (χ3v) is 2.77. The van der Waals surface area contributed by atoms with Crippen LogP contribution in [-0.2, 0) is 5.88 Å². The van der Waals surface area contributed by atoms with Crippen LogP contribution in [0, 0.1) is 0 Å². The second-order valence-electron chi connectivity index (χ2n) is 3.20. The molecule has 0 amide bonds. The van der Waals surface area contributed by atoms with Crippen LogP contribution >= 0.6 is 27.5 Å². The smallest absolute Gasteiger partial charge is 0.219 e. The van der Waals surface area contributed by atoms with Crippen LogP contribution in [-0.4, -0.2) is 4.98 Å². The summed E-state index contributed by atoms with van der Waals surface area (Å²) in [6.07, 6.45) is 1.69. The highest BCUT2D eigenvalue weighted by molar-refractivity contribution is 9.10. The molecule has 0 bridgehead atoms. The Kier molecular flexibility index (Phi) is 3.80. The minimum Gasteiger partial charge on any atom is -0.439 e.